The van der Waals surface area contributed by atoms with Crippen LogP contribution in [0.1, 0.15) is 66.2 Å². The van der Waals surface area contributed by atoms with Crippen molar-refractivity contribution in [2.75, 3.05) is 6.61 Å². The standard InChI is InChI=1S/C16H30O5/c1-5-12(4)13(18)21-16(11-17)9-14(19,6-2)8-15(20,7-3)10-16/h12,17,19-20H,5-11H2,1-4H3. The van der Waals surface area contributed by atoms with E-state index in [0.29, 0.717) is 19.3 Å². The van der Waals surface area contributed by atoms with Gasteiger partial charge in [-0.15, -0.1) is 0 Å². The summed E-state index contributed by atoms with van der Waals surface area (Å²) in [5, 5.41) is 31.1. The molecule has 1 rings (SSSR count). The lowest BCUT2D eigenvalue weighted by molar-refractivity contribution is -0.216. The summed E-state index contributed by atoms with van der Waals surface area (Å²) in [5.74, 6) is -0.648. The number of aliphatic hydroxyl groups is 3. The first kappa shape index (κ1) is 18.4. The van der Waals surface area contributed by atoms with Gasteiger partial charge in [-0.2, -0.15) is 0 Å². The van der Waals surface area contributed by atoms with E-state index >= 15 is 0 Å². The molecule has 3 N–H and O–H groups in total. The fraction of sp³-hybridized carbons (Fsp3) is 0.938. The Bertz CT molecular complexity index is 352. The second kappa shape index (κ2) is 6.63. The Balaban J connectivity index is 3.05. The second-order valence-corrected chi connectivity index (χ2v) is 6.76. The third kappa shape index (κ3) is 4.18. The molecule has 0 amide bonds. The van der Waals surface area contributed by atoms with Gasteiger partial charge in [0.05, 0.1) is 23.7 Å². The van der Waals surface area contributed by atoms with Gasteiger partial charge in [-0.1, -0.05) is 27.7 Å². The highest BCUT2D eigenvalue weighted by Crippen LogP contribution is 2.46. The molecule has 1 saturated carbocycles. The van der Waals surface area contributed by atoms with E-state index in [-0.39, 0.29) is 37.8 Å². The van der Waals surface area contributed by atoms with E-state index in [0.717, 1.165) is 0 Å². The molecule has 5 heteroatoms. The maximum absolute atomic E-state index is 12.1. The van der Waals surface area contributed by atoms with Crippen LogP contribution in [0.15, 0.2) is 0 Å². The third-order valence-electron chi connectivity index (χ3n) is 4.90. The monoisotopic (exact) mass is 302 g/mol. The van der Waals surface area contributed by atoms with Gasteiger partial charge in [0, 0.05) is 19.3 Å². The summed E-state index contributed by atoms with van der Waals surface area (Å²) >= 11 is 0. The summed E-state index contributed by atoms with van der Waals surface area (Å²) in [6, 6.07) is 0. The lowest BCUT2D eigenvalue weighted by Crippen LogP contribution is -2.59. The molecule has 0 bridgehead atoms. The van der Waals surface area contributed by atoms with Crippen LogP contribution in [0.5, 0.6) is 0 Å². The summed E-state index contributed by atoms with van der Waals surface area (Å²) in [5.41, 5.74) is -3.45. The van der Waals surface area contributed by atoms with Crippen LogP contribution in [-0.4, -0.2) is 44.7 Å². The number of hydrogen-bond acceptors (Lipinski definition) is 5. The van der Waals surface area contributed by atoms with E-state index in [1.807, 2.05) is 20.8 Å². The predicted molar refractivity (Wildman–Crippen MR) is 79.7 cm³/mol. The normalized spacial score (nSPS) is 38.0. The van der Waals surface area contributed by atoms with Crippen molar-refractivity contribution in [3.63, 3.8) is 0 Å². The molecular weight excluding hydrogens is 272 g/mol. The fourth-order valence-electron chi connectivity index (χ4n) is 3.20. The highest BCUT2D eigenvalue weighted by molar-refractivity contribution is 5.72. The van der Waals surface area contributed by atoms with E-state index in [1.54, 1.807) is 6.92 Å². The van der Waals surface area contributed by atoms with Gasteiger partial charge in [-0.3, -0.25) is 4.79 Å². The van der Waals surface area contributed by atoms with E-state index in [1.165, 1.54) is 0 Å². The molecule has 0 aliphatic heterocycles. The number of aliphatic hydroxyl groups excluding tert-OH is 1. The van der Waals surface area contributed by atoms with Crippen LogP contribution in [0.25, 0.3) is 0 Å². The molecule has 5 nitrogen and oxygen atoms in total. The van der Waals surface area contributed by atoms with Crippen molar-refractivity contribution >= 4 is 5.97 Å². The highest BCUT2D eigenvalue weighted by Gasteiger charge is 2.54. The predicted octanol–water partition coefficient (Wildman–Crippen LogP) is 1.77. The van der Waals surface area contributed by atoms with E-state index in [2.05, 4.69) is 0 Å². The summed E-state index contributed by atoms with van der Waals surface area (Å²) < 4.78 is 5.57. The molecular formula is C16H30O5. The smallest absolute Gasteiger partial charge is 0.309 e. The highest BCUT2D eigenvalue weighted by atomic mass is 16.6. The Morgan fingerprint density at radius 3 is 1.90 bits per heavy atom. The molecule has 0 aromatic heterocycles. The minimum absolute atomic E-state index is 0.164. The Labute approximate surface area is 127 Å². The average molecular weight is 302 g/mol. The Morgan fingerprint density at radius 2 is 1.57 bits per heavy atom. The van der Waals surface area contributed by atoms with Gasteiger partial charge in [-0.05, 0) is 19.3 Å². The zero-order valence-corrected chi connectivity index (χ0v) is 13.7. The maximum Gasteiger partial charge on any atom is 0.309 e. The summed E-state index contributed by atoms with van der Waals surface area (Å²) in [6.07, 6.45) is 2.11. The number of carbonyl (C=O) groups excluding carboxylic acids is 1. The van der Waals surface area contributed by atoms with Crippen molar-refractivity contribution in [1.29, 1.82) is 0 Å². The maximum atomic E-state index is 12.1. The number of esters is 1. The molecule has 0 aromatic rings. The van der Waals surface area contributed by atoms with Crippen LogP contribution in [0.4, 0.5) is 0 Å². The van der Waals surface area contributed by atoms with Gasteiger partial charge >= 0.3 is 5.97 Å². The molecule has 3 unspecified atom stereocenters. The SMILES string of the molecule is CCC(C)C(=O)OC1(CO)CC(O)(CC)CC(O)(CC)C1. The van der Waals surface area contributed by atoms with Gasteiger partial charge in [0.25, 0.3) is 0 Å². The quantitative estimate of drug-likeness (QED) is 0.651. The van der Waals surface area contributed by atoms with Crippen molar-refractivity contribution in [3.8, 4) is 0 Å². The van der Waals surface area contributed by atoms with Gasteiger partial charge in [0.15, 0.2) is 0 Å². The number of carbonyl (C=O) groups is 1. The molecule has 0 saturated heterocycles. The van der Waals surface area contributed by atoms with Crippen LogP contribution in [0, 0.1) is 5.92 Å². The van der Waals surface area contributed by atoms with Crippen LogP contribution >= 0.6 is 0 Å². The molecule has 21 heavy (non-hydrogen) atoms. The molecule has 0 radical (unpaired) electrons. The van der Waals surface area contributed by atoms with Crippen molar-refractivity contribution in [1.82, 2.24) is 0 Å². The van der Waals surface area contributed by atoms with Crippen LogP contribution in [0.3, 0.4) is 0 Å². The van der Waals surface area contributed by atoms with Gasteiger partial charge in [0.2, 0.25) is 0 Å². The first-order chi connectivity index (χ1) is 9.67. The van der Waals surface area contributed by atoms with Crippen molar-refractivity contribution in [2.24, 2.45) is 5.92 Å². The largest absolute Gasteiger partial charge is 0.456 e. The topological polar surface area (TPSA) is 87.0 Å². The third-order valence-corrected chi connectivity index (χ3v) is 4.90. The number of ether oxygens (including phenoxy) is 1. The van der Waals surface area contributed by atoms with Gasteiger partial charge in [0.1, 0.15) is 5.60 Å². The van der Waals surface area contributed by atoms with E-state index in [9.17, 15) is 20.1 Å². The Morgan fingerprint density at radius 1 is 1.10 bits per heavy atom. The molecule has 0 spiro atoms. The fourth-order valence-corrected chi connectivity index (χ4v) is 3.20. The molecule has 1 fully saturated rings. The minimum Gasteiger partial charge on any atom is -0.456 e. The number of rotatable bonds is 6. The van der Waals surface area contributed by atoms with Gasteiger partial charge < -0.3 is 20.1 Å². The first-order valence-corrected chi connectivity index (χ1v) is 7.95. The Kier molecular flexibility index (Phi) is 5.81. The molecule has 1 aliphatic rings. The van der Waals surface area contributed by atoms with Gasteiger partial charge in [-0.25, -0.2) is 0 Å². The average Bonchev–Trinajstić information content (AvgIpc) is 2.45. The lowest BCUT2D eigenvalue weighted by atomic mass is 9.66. The molecule has 0 heterocycles. The van der Waals surface area contributed by atoms with Crippen LogP contribution in [0.2, 0.25) is 0 Å². The second-order valence-electron chi connectivity index (χ2n) is 6.76. The lowest BCUT2D eigenvalue weighted by Gasteiger charge is -2.50. The molecule has 3 atom stereocenters. The summed E-state index contributed by atoms with van der Waals surface area (Å²) in [6.45, 7) is 6.94. The summed E-state index contributed by atoms with van der Waals surface area (Å²) in [4.78, 5) is 12.1. The minimum atomic E-state index is -1.20. The zero-order chi connectivity index (χ0) is 16.3. The Hall–Kier alpha value is -0.650. The van der Waals surface area contributed by atoms with Crippen molar-refractivity contribution < 1.29 is 24.9 Å². The van der Waals surface area contributed by atoms with Crippen molar-refractivity contribution in [3.05, 3.63) is 0 Å². The molecule has 1 aliphatic carbocycles. The van der Waals surface area contributed by atoms with Crippen LogP contribution in [-0.2, 0) is 9.53 Å². The number of hydrogen-bond donors (Lipinski definition) is 3. The van der Waals surface area contributed by atoms with E-state index < -0.39 is 16.8 Å². The zero-order valence-electron chi connectivity index (χ0n) is 13.7. The van der Waals surface area contributed by atoms with Crippen LogP contribution < -0.4 is 0 Å². The molecule has 0 aromatic carbocycles. The first-order valence-electron chi connectivity index (χ1n) is 7.95. The summed E-state index contributed by atoms with van der Waals surface area (Å²) in [7, 11) is 0. The molecule has 124 valence electrons. The van der Waals surface area contributed by atoms with E-state index in [4.69, 9.17) is 4.74 Å². The van der Waals surface area contributed by atoms with Crippen molar-refractivity contribution in [2.45, 2.75) is 83.0 Å².